The first kappa shape index (κ1) is 16.8. The van der Waals surface area contributed by atoms with Gasteiger partial charge in [-0.2, -0.15) is 18.3 Å². The minimum Gasteiger partial charge on any atom is -0.345 e. The summed E-state index contributed by atoms with van der Waals surface area (Å²) in [5.74, 6) is -0.569. The molecule has 0 aliphatic carbocycles. The van der Waals surface area contributed by atoms with Gasteiger partial charge in [0.25, 0.3) is 5.91 Å². The molecule has 1 aromatic carbocycles. The van der Waals surface area contributed by atoms with Crippen molar-refractivity contribution >= 4 is 22.6 Å². The van der Waals surface area contributed by atoms with E-state index in [9.17, 15) is 18.0 Å². The fourth-order valence-electron chi connectivity index (χ4n) is 2.74. The van der Waals surface area contributed by atoms with Crippen molar-refractivity contribution in [3.63, 3.8) is 0 Å². The van der Waals surface area contributed by atoms with E-state index in [0.717, 1.165) is 17.8 Å². The van der Waals surface area contributed by atoms with Crippen LogP contribution in [0.25, 0.3) is 22.3 Å². The maximum Gasteiger partial charge on any atom is 0.417 e. The molecule has 4 rings (SSSR count). The lowest BCUT2D eigenvalue weighted by molar-refractivity contribution is -0.137. The molecule has 0 unspecified atom stereocenters. The topological polar surface area (TPSA) is 86.5 Å². The number of anilines is 1. The zero-order chi connectivity index (χ0) is 19.0. The fourth-order valence-corrected chi connectivity index (χ4v) is 2.74. The van der Waals surface area contributed by atoms with Crippen molar-refractivity contribution in [2.45, 2.75) is 6.18 Å². The number of nitrogens with zero attached hydrogens (tertiary/aromatic N) is 2. The van der Waals surface area contributed by atoms with Crippen LogP contribution < -0.4 is 5.32 Å². The van der Waals surface area contributed by atoms with Gasteiger partial charge in [-0.1, -0.05) is 30.3 Å². The summed E-state index contributed by atoms with van der Waals surface area (Å²) in [5, 5.41) is 9.51. The van der Waals surface area contributed by atoms with E-state index in [0.29, 0.717) is 11.4 Å². The number of aromatic amines is 2. The van der Waals surface area contributed by atoms with Crippen LogP contribution in [0.1, 0.15) is 15.9 Å². The predicted octanol–water partition coefficient (Wildman–Crippen LogP) is 4.22. The molecule has 3 aromatic heterocycles. The number of pyridine rings is 1. The van der Waals surface area contributed by atoms with Gasteiger partial charge >= 0.3 is 6.18 Å². The van der Waals surface area contributed by atoms with Gasteiger partial charge in [-0.15, -0.1) is 0 Å². The van der Waals surface area contributed by atoms with E-state index in [4.69, 9.17) is 0 Å². The maximum atomic E-state index is 12.9. The van der Waals surface area contributed by atoms with Crippen LogP contribution in [0, 0.1) is 0 Å². The number of benzene rings is 1. The predicted molar refractivity (Wildman–Crippen MR) is 93.1 cm³/mol. The minimum absolute atomic E-state index is 0.0591. The summed E-state index contributed by atoms with van der Waals surface area (Å²) in [4.78, 5) is 19.1. The Morgan fingerprint density at radius 2 is 1.89 bits per heavy atom. The van der Waals surface area contributed by atoms with Crippen LogP contribution >= 0.6 is 0 Å². The van der Waals surface area contributed by atoms with Crippen LogP contribution in [0.4, 0.5) is 18.9 Å². The Kier molecular flexibility index (Phi) is 3.91. The Bertz CT molecular complexity index is 1110. The number of amides is 1. The molecule has 27 heavy (non-hydrogen) atoms. The number of carbonyl (C=O) groups excluding carboxylic acids is 1. The summed E-state index contributed by atoms with van der Waals surface area (Å²) in [7, 11) is 0. The lowest BCUT2D eigenvalue weighted by atomic mass is 10.1. The Labute approximate surface area is 150 Å². The van der Waals surface area contributed by atoms with Crippen molar-refractivity contribution in [3.8, 4) is 11.3 Å². The first-order valence-corrected chi connectivity index (χ1v) is 7.88. The Hall–Kier alpha value is -3.62. The zero-order valence-corrected chi connectivity index (χ0v) is 13.6. The van der Waals surface area contributed by atoms with Crippen molar-refractivity contribution in [2.24, 2.45) is 0 Å². The highest BCUT2D eigenvalue weighted by molar-refractivity contribution is 6.13. The molecule has 0 atom stereocenters. The number of halogens is 3. The van der Waals surface area contributed by atoms with Crippen LogP contribution in [0.15, 0.2) is 55.0 Å². The molecule has 0 saturated carbocycles. The second-order valence-electron chi connectivity index (χ2n) is 5.80. The van der Waals surface area contributed by atoms with Gasteiger partial charge in [0.15, 0.2) is 0 Å². The number of nitrogens with one attached hydrogen (secondary N) is 3. The molecule has 1 amide bonds. The molecule has 0 spiro atoms. The summed E-state index contributed by atoms with van der Waals surface area (Å²) < 4.78 is 38.8. The summed E-state index contributed by atoms with van der Waals surface area (Å²) in [6.07, 6.45) is -1.05. The molecule has 4 aromatic rings. The van der Waals surface area contributed by atoms with Crippen molar-refractivity contribution in [2.75, 3.05) is 5.32 Å². The monoisotopic (exact) mass is 371 g/mol. The molecule has 0 aliphatic rings. The van der Waals surface area contributed by atoms with Gasteiger partial charge in [-0.25, -0.2) is 4.98 Å². The van der Waals surface area contributed by atoms with E-state index in [2.05, 4.69) is 25.5 Å². The molecule has 3 N–H and O–H groups in total. The van der Waals surface area contributed by atoms with E-state index < -0.39 is 17.6 Å². The van der Waals surface area contributed by atoms with Gasteiger partial charge in [0, 0.05) is 23.3 Å². The van der Waals surface area contributed by atoms with Gasteiger partial charge in [0.05, 0.1) is 28.7 Å². The minimum atomic E-state index is -4.54. The molecule has 3 heterocycles. The number of carbonyl (C=O) groups is 1. The molecule has 6 nitrogen and oxygen atoms in total. The van der Waals surface area contributed by atoms with Crippen molar-refractivity contribution < 1.29 is 18.0 Å². The molecule has 9 heteroatoms. The van der Waals surface area contributed by atoms with Crippen LogP contribution in [-0.4, -0.2) is 26.1 Å². The third kappa shape index (κ3) is 3.14. The van der Waals surface area contributed by atoms with Gasteiger partial charge in [-0.05, 0) is 6.07 Å². The van der Waals surface area contributed by atoms with E-state index in [1.165, 1.54) is 12.4 Å². The van der Waals surface area contributed by atoms with E-state index in [1.54, 1.807) is 0 Å². The highest BCUT2D eigenvalue weighted by atomic mass is 19.4. The summed E-state index contributed by atoms with van der Waals surface area (Å²) in [6.45, 7) is 0. The van der Waals surface area contributed by atoms with E-state index in [-0.39, 0.29) is 16.6 Å². The first-order chi connectivity index (χ1) is 12.9. The number of H-pyrrole nitrogens is 2. The van der Waals surface area contributed by atoms with Crippen LogP contribution in [0.5, 0.6) is 0 Å². The highest BCUT2D eigenvalue weighted by Crippen LogP contribution is 2.32. The third-order valence-corrected chi connectivity index (χ3v) is 4.05. The maximum absolute atomic E-state index is 12.9. The summed E-state index contributed by atoms with van der Waals surface area (Å²) in [6, 6.07) is 10.1. The number of aromatic nitrogens is 4. The Morgan fingerprint density at radius 1 is 1.11 bits per heavy atom. The smallest absolute Gasteiger partial charge is 0.345 e. The number of rotatable bonds is 3. The summed E-state index contributed by atoms with van der Waals surface area (Å²) >= 11 is 0. The number of fused-ring (bicyclic) bond motifs is 1. The average Bonchev–Trinajstić information content (AvgIpc) is 3.27. The SMILES string of the molecule is O=C(Nc1cn[nH]c1-c1ccccc1)c1c[nH]c2ncc(C(F)(F)F)cc12. The largest absolute Gasteiger partial charge is 0.417 e. The molecule has 0 radical (unpaired) electrons. The molecule has 136 valence electrons. The molecule has 0 fully saturated rings. The average molecular weight is 371 g/mol. The second kappa shape index (κ2) is 6.27. The lowest BCUT2D eigenvalue weighted by Crippen LogP contribution is -2.12. The normalized spacial score (nSPS) is 11.7. The molecular weight excluding hydrogens is 359 g/mol. The number of alkyl halides is 3. The van der Waals surface area contributed by atoms with Gasteiger partial charge in [0.1, 0.15) is 5.65 Å². The Balaban J connectivity index is 1.68. The standard InChI is InChI=1S/C18H12F3N5O/c19-18(20,21)11-6-12-13(8-23-16(12)22-7-11)17(27)25-14-9-24-26-15(14)10-4-2-1-3-5-10/h1-9H,(H,22,23)(H,24,26)(H,25,27). The van der Waals surface area contributed by atoms with Crippen LogP contribution in [0.3, 0.4) is 0 Å². The molecule has 0 aliphatic heterocycles. The van der Waals surface area contributed by atoms with E-state index in [1.807, 2.05) is 30.3 Å². The highest BCUT2D eigenvalue weighted by Gasteiger charge is 2.31. The number of hydrogen-bond acceptors (Lipinski definition) is 3. The van der Waals surface area contributed by atoms with Gasteiger partial charge in [0.2, 0.25) is 0 Å². The molecule has 0 bridgehead atoms. The van der Waals surface area contributed by atoms with Gasteiger partial charge < -0.3 is 10.3 Å². The van der Waals surface area contributed by atoms with Gasteiger partial charge in [-0.3, -0.25) is 9.89 Å². The van der Waals surface area contributed by atoms with Crippen LogP contribution in [-0.2, 0) is 6.18 Å². The molecular formula is C18H12F3N5O. The Morgan fingerprint density at radius 3 is 2.63 bits per heavy atom. The van der Waals surface area contributed by atoms with E-state index >= 15 is 0 Å². The quantitative estimate of drug-likeness (QED) is 0.504. The van der Waals surface area contributed by atoms with Crippen molar-refractivity contribution in [3.05, 3.63) is 66.1 Å². The third-order valence-electron chi connectivity index (χ3n) is 4.05. The van der Waals surface area contributed by atoms with Crippen molar-refractivity contribution in [1.29, 1.82) is 0 Å². The number of hydrogen-bond donors (Lipinski definition) is 3. The fraction of sp³-hybridized carbons (Fsp3) is 0.0556. The lowest BCUT2D eigenvalue weighted by Gasteiger charge is -2.07. The second-order valence-corrected chi connectivity index (χ2v) is 5.80. The zero-order valence-electron chi connectivity index (χ0n) is 13.6. The summed E-state index contributed by atoms with van der Waals surface area (Å²) in [5.41, 5.74) is 1.16. The van der Waals surface area contributed by atoms with Crippen molar-refractivity contribution in [1.82, 2.24) is 20.2 Å². The molecule has 0 saturated heterocycles. The van der Waals surface area contributed by atoms with Crippen LogP contribution in [0.2, 0.25) is 0 Å². The first-order valence-electron chi connectivity index (χ1n) is 7.88.